The number of ether oxygens (including phenoxy) is 3. The van der Waals surface area contributed by atoms with E-state index in [2.05, 4.69) is 17.5 Å². The fraction of sp³-hybridized carbons (Fsp3) is 0.391. The van der Waals surface area contributed by atoms with Gasteiger partial charge in [0.25, 0.3) is 0 Å². The second kappa shape index (κ2) is 13.2. The summed E-state index contributed by atoms with van der Waals surface area (Å²) in [7, 11) is 0. The van der Waals surface area contributed by atoms with Crippen molar-refractivity contribution in [1.29, 1.82) is 0 Å². The third-order valence-electron chi connectivity index (χ3n) is 4.03. The summed E-state index contributed by atoms with van der Waals surface area (Å²) in [5.41, 5.74) is 3.23. The van der Waals surface area contributed by atoms with E-state index in [1.165, 1.54) is 26.2 Å². The van der Waals surface area contributed by atoms with Gasteiger partial charge in [-0.25, -0.2) is 5.43 Å². The summed E-state index contributed by atoms with van der Waals surface area (Å²) in [6.07, 6.45) is 6.37. The molecule has 6 heteroatoms. The van der Waals surface area contributed by atoms with Gasteiger partial charge in [-0.1, -0.05) is 26.2 Å². The minimum Gasteiger partial charge on any atom is -0.494 e. The third kappa shape index (κ3) is 9.65. The summed E-state index contributed by atoms with van der Waals surface area (Å²) in [5, 5.41) is 3.82. The molecule has 1 amide bonds. The molecular formula is C23H30N2O4. The normalized spacial score (nSPS) is 10.7. The van der Waals surface area contributed by atoms with E-state index in [0.717, 1.165) is 35.8 Å². The topological polar surface area (TPSA) is 69.2 Å². The zero-order valence-corrected chi connectivity index (χ0v) is 17.2. The van der Waals surface area contributed by atoms with Gasteiger partial charge in [0.1, 0.15) is 30.5 Å². The number of benzene rings is 2. The third-order valence-corrected chi connectivity index (χ3v) is 4.03. The molecule has 0 saturated heterocycles. The lowest BCUT2D eigenvalue weighted by molar-refractivity contribution is -0.118. The first-order chi connectivity index (χ1) is 14.2. The van der Waals surface area contributed by atoms with Crippen molar-refractivity contribution in [1.82, 2.24) is 5.43 Å². The van der Waals surface area contributed by atoms with Crippen molar-refractivity contribution in [3.05, 3.63) is 54.1 Å². The molecule has 2 aromatic rings. The number of rotatable bonds is 13. The number of carbonyl (C=O) groups is 1. The molecular weight excluding hydrogens is 368 g/mol. The van der Waals surface area contributed by atoms with Crippen LogP contribution < -0.4 is 19.6 Å². The molecule has 29 heavy (non-hydrogen) atoms. The Kier molecular flexibility index (Phi) is 10.1. The number of amides is 1. The quantitative estimate of drug-likeness (QED) is 0.305. The van der Waals surface area contributed by atoms with Crippen LogP contribution in [0.2, 0.25) is 0 Å². The Morgan fingerprint density at radius 2 is 1.34 bits per heavy atom. The van der Waals surface area contributed by atoms with Crippen molar-refractivity contribution in [3.8, 4) is 17.2 Å². The Labute approximate surface area is 172 Å². The lowest BCUT2D eigenvalue weighted by atomic mass is 10.2. The van der Waals surface area contributed by atoms with Crippen LogP contribution in [0.3, 0.4) is 0 Å². The van der Waals surface area contributed by atoms with Gasteiger partial charge < -0.3 is 14.2 Å². The van der Waals surface area contributed by atoms with Gasteiger partial charge in [-0.2, -0.15) is 5.10 Å². The average Bonchev–Trinajstić information content (AvgIpc) is 2.73. The van der Waals surface area contributed by atoms with Crippen molar-refractivity contribution in [3.63, 3.8) is 0 Å². The molecule has 0 spiro atoms. The molecule has 1 N–H and O–H groups in total. The fourth-order valence-corrected chi connectivity index (χ4v) is 2.52. The van der Waals surface area contributed by atoms with E-state index in [4.69, 9.17) is 14.2 Å². The summed E-state index contributed by atoms with van der Waals surface area (Å²) in [6, 6.07) is 15.1. The number of carbonyl (C=O) groups excluding carboxylic acids is 1. The van der Waals surface area contributed by atoms with Gasteiger partial charge in [0.05, 0.1) is 12.8 Å². The lowest BCUT2D eigenvalue weighted by Gasteiger charge is -2.10. The molecule has 0 radical (unpaired) electrons. The second-order valence-corrected chi connectivity index (χ2v) is 6.57. The van der Waals surface area contributed by atoms with Gasteiger partial charge >= 0.3 is 0 Å². The molecule has 0 aromatic heterocycles. The standard InChI is InChI=1S/C23H30N2O4/c1-3-4-5-6-15-27-22-11-13-23(14-12-22)29-17-16-28-21-9-7-20(8-10-21)18-24-25-19(2)26/h7-14,18H,3-6,15-17H2,1-2H3,(H,25,26). The first-order valence-electron chi connectivity index (χ1n) is 10.1. The second-order valence-electron chi connectivity index (χ2n) is 6.57. The van der Waals surface area contributed by atoms with Crippen LogP contribution in [-0.2, 0) is 4.79 Å². The number of hydrogen-bond donors (Lipinski definition) is 1. The summed E-state index contributed by atoms with van der Waals surface area (Å²) < 4.78 is 17.1. The van der Waals surface area contributed by atoms with Crippen molar-refractivity contribution in [2.75, 3.05) is 19.8 Å². The first-order valence-corrected chi connectivity index (χ1v) is 10.1. The van der Waals surface area contributed by atoms with Crippen LogP contribution in [0, 0.1) is 0 Å². The van der Waals surface area contributed by atoms with Crippen LogP contribution in [0.25, 0.3) is 0 Å². The zero-order valence-electron chi connectivity index (χ0n) is 17.2. The Bertz CT molecular complexity index is 742. The van der Waals surface area contributed by atoms with E-state index in [1.54, 1.807) is 6.21 Å². The molecule has 0 atom stereocenters. The number of unbranched alkanes of at least 4 members (excludes halogenated alkanes) is 3. The molecule has 0 aliphatic rings. The average molecular weight is 399 g/mol. The van der Waals surface area contributed by atoms with Gasteiger partial charge in [0, 0.05) is 6.92 Å². The predicted molar refractivity (Wildman–Crippen MR) is 115 cm³/mol. The summed E-state index contributed by atoms with van der Waals surface area (Å²) >= 11 is 0. The SMILES string of the molecule is CCCCCCOc1ccc(OCCOc2ccc(C=NNC(C)=O)cc2)cc1. The lowest BCUT2D eigenvalue weighted by Crippen LogP contribution is -2.12. The van der Waals surface area contributed by atoms with Gasteiger partial charge in [0.2, 0.25) is 5.91 Å². The van der Waals surface area contributed by atoms with E-state index in [1.807, 2.05) is 48.5 Å². The van der Waals surface area contributed by atoms with Gasteiger partial charge in [-0.15, -0.1) is 0 Å². The van der Waals surface area contributed by atoms with Gasteiger partial charge in [-0.3, -0.25) is 4.79 Å². The van der Waals surface area contributed by atoms with Crippen LogP contribution in [-0.4, -0.2) is 31.9 Å². The Balaban J connectivity index is 1.63. The Morgan fingerprint density at radius 1 is 0.828 bits per heavy atom. The Hall–Kier alpha value is -3.02. The largest absolute Gasteiger partial charge is 0.494 e. The highest BCUT2D eigenvalue weighted by molar-refractivity contribution is 5.81. The smallest absolute Gasteiger partial charge is 0.236 e. The minimum absolute atomic E-state index is 0.203. The number of hydrogen-bond acceptors (Lipinski definition) is 5. The minimum atomic E-state index is -0.203. The fourth-order valence-electron chi connectivity index (χ4n) is 2.52. The summed E-state index contributed by atoms with van der Waals surface area (Å²) in [6.45, 7) is 5.26. The molecule has 2 rings (SSSR count). The molecule has 0 saturated carbocycles. The van der Waals surface area contributed by atoms with E-state index < -0.39 is 0 Å². The van der Waals surface area contributed by atoms with Gasteiger partial charge in [-0.05, 0) is 60.5 Å². The van der Waals surface area contributed by atoms with Crippen LogP contribution >= 0.6 is 0 Å². The van der Waals surface area contributed by atoms with E-state index in [0.29, 0.717) is 13.2 Å². The van der Waals surface area contributed by atoms with Crippen LogP contribution in [0.5, 0.6) is 17.2 Å². The first kappa shape index (κ1) is 22.3. The maximum absolute atomic E-state index is 10.8. The molecule has 0 aliphatic heterocycles. The van der Waals surface area contributed by atoms with E-state index >= 15 is 0 Å². The highest BCUT2D eigenvalue weighted by Crippen LogP contribution is 2.18. The molecule has 0 heterocycles. The van der Waals surface area contributed by atoms with Crippen LogP contribution in [0.15, 0.2) is 53.6 Å². The molecule has 0 unspecified atom stereocenters. The molecule has 2 aromatic carbocycles. The molecule has 6 nitrogen and oxygen atoms in total. The van der Waals surface area contributed by atoms with Crippen molar-refractivity contribution in [2.24, 2.45) is 5.10 Å². The monoisotopic (exact) mass is 398 g/mol. The van der Waals surface area contributed by atoms with Crippen LogP contribution in [0.1, 0.15) is 45.1 Å². The predicted octanol–water partition coefficient (Wildman–Crippen LogP) is 4.57. The number of hydrazone groups is 1. The van der Waals surface area contributed by atoms with E-state index in [9.17, 15) is 4.79 Å². The van der Waals surface area contributed by atoms with Gasteiger partial charge in [0.15, 0.2) is 0 Å². The highest BCUT2D eigenvalue weighted by atomic mass is 16.5. The zero-order chi connectivity index (χ0) is 20.7. The van der Waals surface area contributed by atoms with E-state index in [-0.39, 0.29) is 5.91 Å². The molecule has 0 aliphatic carbocycles. The number of nitrogens with zero attached hydrogens (tertiary/aromatic N) is 1. The maximum Gasteiger partial charge on any atom is 0.236 e. The molecule has 156 valence electrons. The van der Waals surface area contributed by atoms with Crippen molar-refractivity contribution >= 4 is 12.1 Å². The van der Waals surface area contributed by atoms with Crippen LogP contribution in [0.4, 0.5) is 0 Å². The number of nitrogens with one attached hydrogen (secondary N) is 1. The molecule has 0 bridgehead atoms. The summed E-state index contributed by atoms with van der Waals surface area (Å²) in [4.78, 5) is 10.8. The van der Waals surface area contributed by atoms with Crippen molar-refractivity contribution in [2.45, 2.75) is 39.5 Å². The maximum atomic E-state index is 10.8. The Morgan fingerprint density at radius 3 is 1.86 bits per heavy atom. The van der Waals surface area contributed by atoms with Crippen molar-refractivity contribution < 1.29 is 19.0 Å². The molecule has 0 fully saturated rings. The highest BCUT2D eigenvalue weighted by Gasteiger charge is 1.99. The summed E-state index contributed by atoms with van der Waals surface area (Å²) in [5.74, 6) is 2.20.